The number of hydrogen-bond donors (Lipinski definition) is 1. The molecule has 0 aromatic heterocycles. The Morgan fingerprint density at radius 3 is 2.24 bits per heavy atom. The Balaban J connectivity index is 0.000000232. The van der Waals surface area contributed by atoms with Crippen LogP contribution in [0.1, 0.15) is 0 Å². The van der Waals surface area contributed by atoms with E-state index in [1.165, 1.54) is 23.3 Å². The Labute approximate surface area is 123 Å². The van der Waals surface area contributed by atoms with Crippen LogP contribution in [0.15, 0.2) is 67.3 Å². The maximum Gasteiger partial charge on any atom is 0.329 e. The Hall–Kier alpha value is -2.81. The highest BCUT2D eigenvalue weighted by molar-refractivity contribution is 6.03. The first kappa shape index (κ1) is 14.6. The molecule has 0 amide bonds. The van der Waals surface area contributed by atoms with Gasteiger partial charge in [-0.3, -0.25) is 0 Å². The van der Waals surface area contributed by atoms with Crippen molar-refractivity contribution in [3.63, 3.8) is 0 Å². The van der Waals surface area contributed by atoms with Gasteiger partial charge in [-0.25, -0.2) is 4.79 Å². The number of rotatable bonds is 1. The van der Waals surface area contributed by atoms with Crippen molar-refractivity contribution < 1.29 is 9.53 Å². The lowest BCUT2D eigenvalue weighted by atomic mass is 10.0. The Morgan fingerprint density at radius 2 is 1.67 bits per heavy atom. The summed E-state index contributed by atoms with van der Waals surface area (Å²) >= 11 is 0. The predicted molar refractivity (Wildman–Crippen MR) is 88.1 cm³/mol. The van der Waals surface area contributed by atoms with Gasteiger partial charge in [-0.2, -0.15) is 0 Å². The second-order valence-corrected chi connectivity index (χ2v) is 4.50. The van der Waals surface area contributed by atoms with Crippen LogP contribution in [0.4, 0.5) is 5.69 Å². The summed E-state index contributed by atoms with van der Waals surface area (Å²) in [4.78, 5) is 9.84. The van der Waals surface area contributed by atoms with Gasteiger partial charge in [0.2, 0.25) is 0 Å². The van der Waals surface area contributed by atoms with Crippen LogP contribution in [0.25, 0.3) is 21.5 Å². The standard InChI is InChI=1S/C14H11N.C4H6O2/c15-14-7-3-6-12-8-10-4-1-2-5-11(10)9-13(12)14;1-3-4(5)6-2/h1-9H,15H2;3H,1H2,2H3. The number of carbonyl (C=O) groups is 1. The molecular weight excluding hydrogens is 262 g/mol. The van der Waals surface area contributed by atoms with Gasteiger partial charge in [0.25, 0.3) is 0 Å². The average molecular weight is 279 g/mol. The number of nitrogen functional groups attached to an aromatic ring is 1. The third-order valence-corrected chi connectivity index (χ3v) is 3.15. The van der Waals surface area contributed by atoms with Crippen molar-refractivity contribution in [2.45, 2.75) is 0 Å². The van der Waals surface area contributed by atoms with Crippen LogP contribution in [0.3, 0.4) is 0 Å². The maximum absolute atomic E-state index is 9.84. The zero-order chi connectivity index (χ0) is 15.2. The van der Waals surface area contributed by atoms with Gasteiger partial charge in [-0.15, -0.1) is 0 Å². The van der Waals surface area contributed by atoms with Gasteiger partial charge in [0.1, 0.15) is 0 Å². The number of anilines is 1. The largest absolute Gasteiger partial charge is 0.466 e. The van der Waals surface area contributed by atoms with Crippen molar-refractivity contribution in [2.24, 2.45) is 0 Å². The van der Waals surface area contributed by atoms with Crippen LogP contribution in [0, 0.1) is 0 Å². The fourth-order valence-electron chi connectivity index (χ4n) is 2.07. The highest BCUT2D eigenvalue weighted by atomic mass is 16.5. The Kier molecular flexibility index (Phi) is 4.57. The number of methoxy groups -OCH3 is 1. The molecule has 0 unspecified atom stereocenters. The van der Waals surface area contributed by atoms with E-state index in [9.17, 15) is 4.79 Å². The predicted octanol–water partition coefficient (Wildman–Crippen LogP) is 3.92. The van der Waals surface area contributed by atoms with E-state index in [1.807, 2.05) is 18.2 Å². The number of hydrogen-bond acceptors (Lipinski definition) is 3. The highest BCUT2D eigenvalue weighted by Crippen LogP contribution is 2.26. The number of ether oxygens (including phenoxy) is 1. The molecule has 0 bridgehead atoms. The summed E-state index contributed by atoms with van der Waals surface area (Å²) < 4.78 is 4.14. The van der Waals surface area contributed by atoms with Crippen molar-refractivity contribution in [2.75, 3.05) is 12.8 Å². The molecule has 0 heterocycles. The minimum absolute atomic E-state index is 0.394. The first-order valence-corrected chi connectivity index (χ1v) is 6.53. The van der Waals surface area contributed by atoms with E-state index in [4.69, 9.17) is 5.73 Å². The second-order valence-electron chi connectivity index (χ2n) is 4.50. The summed E-state index contributed by atoms with van der Waals surface area (Å²) in [6.07, 6.45) is 1.11. The van der Waals surface area contributed by atoms with E-state index in [1.54, 1.807) is 0 Å². The van der Waals surface area contributed by atoms with Crippen molar-refractivity contribution in [1.29, 1.82) is 0 Å². The maximum atomic E-state index is 9.84. The SMILES string of the molecule is C=CC(=O)OC.Nc1cccc2cc3ccccc3cc12. The lowest BCUT2D eigenvalue weighted by Gasteiger charge is -2.04. The molecular formula is C18H17NO2. The van der Waals surface area contributed by atoms with E-state index < -0.39 is 5.97 Å². The van der Waals surface area contributed by atoms with Crippen molar-refractivity contribution in [3.05, 3.63) is 67.3 Å². The molecule has 3 heteroatoms. The van der Waals surface area contributed by atoms with E-state index in [-0.39, 0.29) is 0 Å². The topological polar surface area (TPSA) is 52.3 Å². The summed E-state index contributed by atoms with van der Waals surface area (Å²) in [7, 11) is 1.31. The van der Waals surface area contributed by atoms with Crippen LogP contribution in [-0.2, 0) is 9.53 Å². The number of esters is 1. The third kappa shape index (κ3) is 3.39. The molecule has 0 aliphatic rings. The molecule has 0 saturated heterocycles. The van der Waals surface area contributed by atoms with Gasteiger partial charge in [-0.05, 0) is 34.4 Å². The summed E-state index contributed by atoms with van der Waals surface area (Å²) in [5.74, 6) is -0.394. The Morgan fingerprint density at radius 1 is 1.05 bits per heavy atom. The molecule has 2 N–H and O–H groups in total. The van der Waals surface area contributed by atoms with Gasteiger partial charge in [0, 0.05) is 17.1 Å². The number of nitrogens with two attached hydrogens (primary N) is 1. The van der Waals surface area contributed by atoms with Crippen molar-refractivity contribution in [1.82, 2.24) is 0 Å². The normalized spacial score (nSPS) is 9.76. The van der Waals surface area contributed by atoms with Crippen LogP contribution in [-0.4, -0.2) is 13.1 Å². The van der Waals surface area contributed by atoms with E-state index in [0.717, 1.165) is 17.1 Å². The molecule has 3 nitrogen and oxygen atoms in total. The molecule has 0 aliphatic carbocycles. The monoisotopic (exact) mass is 279 g/mol. The second kappa shape index (κ2) is 6.57. The molecule has 106 valence electrons. The molecule has 3 aromatic carbocycles. The fraction of sp³-hybridized carbons (Fsp3) is 0.0556. The lowest BCUT2D eigenvalue weighted by molar-refractivity contribution is -0.134. The van der Waals surface area contributed by atoms with Crippen LogP contribution < -0.4 is 5.73 Å². The summed E-state index contributed by atoms with van der Waals surface area (Å²) in [6, 6.07) is 18.7. The molecule has 0 aliphatic heterocycles. The molecule has 21 heavy (non-hydrogen) atoms. The molecule has 0 fully saturated rings. The fourth-order valence-corrected chi connectivity index (χ4v) is 2.07. The first-order valence-electron chi connectivity index (χ1n) is 6.53. The zero-order valence-electron chi connectivity index (χ0n) is 11.9. The zero-order valence-corrected chi connectivity index (χ0v) is 11.9. The minimum atomic E-state index is -0.394. The van der Waals surface area contributed by atoms with Gasteiger partial charge in [0.15, 0.2) is 0 Å². The number of fused-ring (bicyclic) bond motifs is 2. The first-order chi connectivity index (χ1) is 10.2. The summed E-state index contributed by atoms with van der Waals surface area (Å²) in [6.45, 7) is 3.16. The van der Waals surface area contributed by atoms with E-state index in [2.05, 4.69) is 47.7 Å². The van der Waals surface area contributed by atoms with Crippen LogP contribution >= 0.6 is 0 Å². The highest BCUT2D eigenvalue weighted by Gasteiger charge is 1.99. The summed E-state index contributed by atoms with van der Waals surface area (Å²) in [5, 5.41) is 4.84. The minimum Gasteiger partial charge on any atom is -0.466 e. The van der Waals surface area contributed by atoms with Crippen LogP contribution in [0.2, 0.25) is 0 Å². The number of benzene rings is 3. The molecule has 0 saturated carbocycles. The smallest absolute Gasteiger partial charge is 0.329 e. The third-order valence-electron chi connectivity index (χ3n) is 3.15. The molecule has 0 atom stereocenters. The van der Waals surface area contributed by atoms with Crippen molar-refractivity contribution in [3.8, 4) is 0 Å². The molecule has 3 rings (SSSR count). The van der Waals surface area contributed by atoms with Gasteiger partial charge in [-0.1, -0.05) is 43.0 Å². The Bertz CT molecular complexity index is 793. The van der Waals surface area contributed by atoms with Crippen molar-refractivity contribution >= 4 is 33.2 Å². The molecule has 3 aromatic rings. The molecule has 0 spiro atoms. The van der Waals surface area contributed by atoms with Gasteiger partial charge >= 0.3 is 5.97 Å². The van der Waals surface area contributed by atoms with Crippen LogP contribution in [0.5, 0.6) is 0 Å². The quantitative estimate of drug-likeness (QED) is 0.318. The van der Waals surface area contributed by atoms with E-state index >= 15 is 0 Å². The van der Waals surface area contributed by atoms with Gasteiger partial charge < -0.3 is 10.5 Å². The number of carbonyl (C=O) groups excluding carboxylic acids is 1. The lowest BCUT2D eigenvalue weighted by Crippen LogP contribution is -1.91. The summed E-state index contributed by atoms with van der Waals surface area (Å²) in [5.41, 5.74) is 6.79. The average Bonchev–Trinajstić information content (AvgIpc) is 2.53. The molecule has 0 radical (unpaired) electrons. The van der Waals surface area contributed by atoms with E-state index in [0.29, 0.717) is 0 Å². The van der Waals surface area contributed by atoms with Gasteiger partial charge in [0.05, 0.1) is 7.11 Å².